The Hall–Kier alpha value is -0.850. The molecule has 21 heavy (non-hydrogen) atoms. The van der Waals surface area contributed by atoms with Gasteiger partial charge in [-0.05, 0) is 36.0 Å². The molecule has 1 atom stereocenters. The van der Waals surface area contributed by atoms with Crippen LogP contribution in [0.5, 0.6) is 0 Å². The first-order valence-corrected chi connectivity index (χ1v) is 8.15. The van der Waals surface area contributed by atoms with Crippen molar-refractivity contribution in [2.24, 2.45) is 0 Å². The van der Waals surface area contributed by atoms with Crippen LogP contribution in [0.15, 0.2) is 16.6 Å². The van der Waals surface area contributed by atoms with E-state index in [4.69, 9.17) is 11.6 Å². The van der Waals surface area contributed by atoms with Crippen molar-refractivity contribution in [3.8, 4) is 0 Å². The highest BCUT2D eigenvalue weighted by Crippen LogP contribution is 2.29. The van der Waals surface area contributed by atoms with Gasteiger partial charge in [-0.25, -0.2) is 14.1 Å². The van der Waals surface area contributed by atoms with Crippen molar-refractivity contribution in [2.45, 2.75) is 12.3 Å². The lowest BCUT2D eigenvalue weighted by Gasteiger charge is -2.36. The van der Waals surface area contributed by atoms with Crippen molar-refractivity contribution < 1.29 is 4.39 Å². The first-order chi connectivity index (χ1) is 9.97. The molecule has 1 aromatic heterocycles. The predicted molar refractivity (Wildman–Crippen MR) is 87.1 cm³/mol. The number of fused-ring (bicyclic) bond motifs is 1. The molecule has 0 saturated carbocycles. The van der Waals surface area contributed by atoms with E-state index in [2.05, 4.69) is 37.9 Å². The number of alkyl halides is 1. The second-order valence-corrected chi connectivity index (χ2v) is 6.92. The van der Waals surface area contributed by atoms with Gasteiger partial charge in [-0.15, -0.1) is 11.6 Å². The largest absolute Gasteiger partial charge is 0.308 e. The van der Waals surface area contributed by atoms with Crippen molar-refractivity contribution in [2.75, 3.05) is 38.2 Å². The Balaban J connectivity index is 2.14. The molecule has 0 amide bonds. The van der Waals surface area contributed by atoms with Gasteiger partial charge in [0, 0.05) is 32.2 Å². The highest BCUT2D eigenvalue weighted by Gasteiger charge is 2.23. The zero-order valence-corrected chi connectivity index (χ0v) is 14.3. The molecule has 4 nitrogen and oxygen atoms in total. The van der Waals surface area contributed by atoms with Crippen LogP contribution in [0.2, 0.25) is 0 Å². The zero-order chi connectivity index (χ0) is 15.1. The summed E-state index contributed by atoms with van der Waals surface area (Å²) >= 11 is 9.54. The number of halogens is 3. The summed E-state index contributed by atoms with van der Waals surface area (Å²) in [5, 5.41) is 1.99. The van der Waals surface area contributed by atoms with Crippen LogP contribution in [-0.2, 0) is 0 Å². The van der Waals surface area contributed by atoms with E-state index in [1.807, 2.05) is 11.6 Å². The summed E-state index contributed by atoms with van der Waals surface area (Å²) in [4.78, 5) is 6.81. The van der Waals surface area contributed by atoms with Crippen molar-refractivity contribution >= 4 is 38.6 Å². The monoisotopic (exact) mass is 374 g/mol. The lowest BCUT2D eigenvalue weighted by molar-refractivity contribution is 0.287. The van der Waals surface area contributed by atoms with E-state index in [1.165, 1.54) is 6.07 Å². The molecule has 1 aromatic carbocycles. The molecule has 1 saturated heterocycles. The minimum Gasteiger partial charge on any atom is -0.308 e. The molecular weight excluding hydrogens is 359 g/mol. The Bertz CT molecular complexity index is 665. The SMILES string of the molecule is CC(Cl)c1nc2cc(F)c(Br)cc2n1N1CCN(C)CC1. The summed E-state index contributed by atoms with van der Waals surface area (Å²) < 4.78 is 16.2. The van der Waals surface area contributed by atoms with Crippen LogP contribution in [0.4, 0.5) is 4.39 Å². The third kappa shape index (κ3) is 2.76. The Kier molecular flexibility index (Phi) is 4.12. The van der Waals surface area contributed by atoms with Gasteiger partial charge in [-0.3, -0.25) is 0 Å². The molecule has 0 aliphatic carbocycles. The summed E-state index contributed by atoms with van der Waals surface area (Å²) in [6.07, 6.45) is 0. The molecule has 0 bridgehead atoms. The molecule has 114 valence electrons. The molecule has 2 aromatic rings. The van der Waals surface area contributed by atoms with Crippen molar-refractivity contribution in [1.82, 2.24) is 14.6 Å². The number of hydrogen-bond acceptors (Lipinski definition) is 3. The van der Waals surface area contributed by atoms with Gasteiger partial charge in [0.15, 0.2) is 0 Å². The van der Waals surface area contributed by atoms with Crippen LogP contribution < -0.4 is 5.01 Å². The van der Waals surface area contributed by atoms with Gasteiger partial charge in [0.1, 0.15) is 11.6 Å². The Labute approximate surface area is 136 Å². The molecule has 1 aliphatic heterocycles. The number of likely N-dealkylation sites (N-methyl/N-ethyl adjacent to an activating group) is 1. The fraction of sp³-hybridized carbons (Fsp3) is 0.500. The van der Waals surface area contributed by atoms with Gasteiger partial charge in [0.2, 0.25) is 0 Å². The van der Waals surface area contributed by atoms with Crippen molar-refractivity contribution in [1.29, 1.82) is 0 Å². The molecule has 1 unspecified atom stereocenters. The number of rotatable bonds is 2. The van der Waals surface area contributed by atoms with E-state index in [9.17, 15) is 4.39 Å². The number of aromatic nitrogens is 2. The summed E-state index contributed by atoms with van der Waals surface area (Å²) in [5.74, 6) is 0.452. The highest BCUT2D eigenvalue weighted by atomic mass is 79.9. The third-order valence-electron chi connectivity index (χ3n) is 3.82. The second-order valence-electron chi connectivity index (χ2n) is 5.41. The van der Waals surface area contributed by atoms with Gasteiger partial charge in [-0.1, -0.05) is 0 Å². The van der Waals surface area contributed by atoms with Crippen LogP contribution in [0, 0.1) is 5.82 Å². The molecular formula is C14H17BrClFN4. The van der Waals surface area contributed by atoms with E-state index in [0.29, 0.717) is 9.99 Å². The average molecular weight is 376 g/mol. The molecule has 0 radical (unpaired) electrons. The number of imidazole rings is 1. The summed E-state index contributed by atoms with van der Waals surface area (Å²) in [5.41, 5.74) is 1.52. The van der Waals surface area contributed by atoms with Crippen LogP contribution in [0.3, 0.4) is 0 Å². The Morgan fingerprint density at radius 3 is 2.57 bits per heavy atom. The minimum absolute atomic E-state index is 0.237. The normalized spacial score (nSPS) is 18.4. The van der Waals surface area contributed by atoms with Crippen LogP contribution in [-0.4, -0.2) is 47.8 Å². The summed E-state index contributed by atoms with van der Waals surface area (Å²) in [6.45, 7) is 5.65. The Morgan fingerprint density at radius 2 is 1.95 bits per heavy atom. The number of nitrogens with zero attached hydrogens (tertiary/aromatic N) is 4. The second kappa shape index (κ2) is 5.74. The molecule has 2 heterocycles. The standard InChI is InChI=1S/C14H17BrClFN4/c1-9(16)14-18-12-8-11(17)10(15)7-13(12)21(14)20-5-3-19(2)4-6-20/h7-9H,3-6H2,1-2H3. The van der Waals surface area contributed by atoms with Gasteiger partial charge >= 0.3 is 0 Å². The van der Waals surface area contributed by atoms with Crippen molar-refractivity contribution in [3.63, 3.8) is 0 Å². The van der Waals surface area contributed by atoms with Crippen LogP contribution in [0.25, 0.3) is 11.0 Å². The maximum atomic E-state index is 13.7. The molecule has 1 fully saturated rings. The van der Waals surface area contributed by atoms with E-state index < -0.39 is 0 Å². The number of hydrogen-bond donors (Lipinski definition) is 0. The minimum atomic E-state index is -0.306. The van der Waals surface area contributed by atoms with Crippen LogP contribution in [0.1, 0.15) is 18.1 Å². The van der Waals surface area contributed by atoms with E-state index in [0.717, 1.165) is 37.5 Å². The zero-order valence-electron chi connectivity index (χ0n) is 12.0. The van der Waals surface area contributed by atoms with E-state index >= 15 is 0 Å². The predicted octanol–water partition coefficient (Wildman–Crippen LogP) is 3.12. The number of piperazine rings is 1. The quantitative estimate of drug-likeness (QED) is 0.754. The molecule has 3 rings (SSSR count). The van der Waals surface area contributed by atoms with Gasteiger partial charge in [-0.2, -0.15) is 0 Å². The average Bonchev–Trinajstić information content (AvgIpc) is 2.79. The fourth-order valence-corrected chi connectivity index (χ4v) is 3.10. The Morgan fingerprint density at radius 1 is 1.29 bits per heavy atom. The van der Waals surface area contributed by atoms with E-state index in [-0.39, 0.29) is 11.2 Å². The third-order valence-corrected chi connectivity index (χ3v) is 4.62. The molecule has 7 heteroatoms. The van der Waals surface area contributed by atoms with Crippen molar-refractivity contribution in [3.05, 3.63) is 28.2 Å². The number of benzene rings is 1. The maximum absolute atomic E-state index is 13.7. The van der Waals surface area contributed by atoms with Gasteiger partial charge in [0.25, 0.3) is 0 Å². The fourth-order valence-electron chi connectivity index (χ4n) is 2.63. The first-order valence-electron chi connectivity index (χ1n) is 6.92. The first kappa shape index (κ1) is 15.1. The van der Waals surface area contributed by atoms with Gasteiger partial charge < -0.3 is 9.91 Å². The smallest absolute Gasteiger partial charge is 0.146 e. The van der Waals surface area contributed by atoms with Crippen LogP contribution >= 0.6 is 27.5 Å². The van der Waals surface area contributed by atoms with E-state index in [1.54, 1.807) is 6.07 Å². The highest BCUT2D eigenvalue weighted by molar-refractivity contribution is 9.10. The molecule has 0 spiro atoms. The summed E-state index contributed by atoms with van der Waals surface area (Å²) in [6, 6.07) is 3.23. The summed E-state index contributed by atoms with van der Waals surface area (Å²) in [7, 11) is 2.11. The lowest BCUT2D eigenvalue weighted by Crippen LogP contribution is -2.50. The molecule has 1 aliphatic rings. The van der Waals surface area contributed by atoms with Gasteiger partial charge in [0.05, 0.1) is 20.9 Å². The lowest BCUT2D eigenvalue weighted by atomic mass is 10.3. The maximum Gasteiger partial charge on any atom is 0.146 e. The topological polar surface area (TPSA) is 24.3 Å². The molecule has 0 N–H and O–H groups in total.